The summed E-state index contributed by atoms with van der Waals surface area (Å²) >= 11 is 5.87. The summed E-state index contributed by atoms with van der Waals surface area (Å²) in [4.78, 5) is 25.5. The zero-order valence-corrected chi connectivity index (χ0v) is 15.0. The van der Waals surface area contributed by atoms with E-state index in [1.165, 1.54) is 0 Å². The largest absolute Gasteiger partial charge is 0.489 e. The highest BCUT2D eigenvalue weighted by molar-refractivity contribution is 6.30. The van der Waals surface area contributed by atoms with Crippen LogP contribution in [0.3, 0.4) is 0 Å². The normalized spacial score (nSPS) is 17.0. The molecule has 1 aliphatic heterocycles. The zero-order chi connectivity index (χ0) is 18.5. The number of amides is 1. The molecule has 26 heavy (non-hydrogen) atoms. The Kier molecular flexibility index (Phi) is 5.78. The van der Waals surface area contributed by atoms with E-state index in [0.717, 1.165) is 5.56 Å². The number of piperidine rings is 1. The first-order chi connectivity index (χ1) is 12.5. The van der Waals surface area contributed by atoms with E-state index in [-0.39, 0.29) is 12.5 Å². The Hall–Kier alpha value is -2.53. The lowest BCUT2D eigenvalue weighted by Gasteiger charge is -2.30. The van der Waals surface area contributed by atoms with Crippen LogP contribution in [0, 0.1) is 5.92 Å². The van der Waals surface area contributed by atoms with E-state index >= 15 is 0 Å². The van der Waals surface area contributed by atoms with Crippen molar-refractivity contribution in [2.24, 2.45) is 5.92 Å². The van der Waals surface area contributed by atoms with E-state index in [2.05, 4.69) is 0 Å². The molecule has 136 valence electrons. The summed E-state index contributed by atoms with van der Waals surface area (Å²) in [7, 11) is 0. The smallest absolute Gasteiger partial charge is 0.308 e. The van der Waals surface area contributed by atoms with Gasteiger partial charge in [-0.15, -0.1) is 0 Å². The summed E-state index contributed by atoms with van der Waals surface area (Å²) in [6.45, 7) is 1.21. The van der Waals surface area contributed by atoms with E-state index in [1.807, 2.05) is 12.1 Å². The number of ether oxygens (including phenoxy) is 1. The Balaban J connectivity index is 1.65. The van der Waals surface area contributed by atoms with Crippen molar-refractivity contribution in [2.45, 2.75) is 19.4 Å². The number of carboxylic acids is 1. The number of aliphatic carboxylic acids is 1. The second kappa shape index (κ2) is 8.23. The second-order valence-corrected chi connectivity index (χ2v) is 6.81. The minimum Gasteiger partial charge on any atom is -0.489 e. The number of hydrogen-bond acceptors (Lipinski definition) is 3. The molecule has 1 saturated heterocycles. The molecule has 1 fully saturated rings. The van der Waals surface area contributed by atoms with Crippen LogP contribution in [0.1, 0.15) is 28.8 Å². The molecule has 1 heterocycles. The molecule has 0 saturated carbocycles. The van der Waals surface area contributed by atoms with Gasteiger partial charge in [0.15, 0.2) is 0 Å². The minimum absolute atomic E-state index is 0.159. The maximum absolute atomic E-state index is 12.7. The molecule has 0 aromatic heterocycles. The average Bonchev–Trinajstić information content (AvgIpc) is 2.67. The minimum atomic E-state index is -0.845. The molecule has 0 aliphatic carbocycles. The van der Waals surface area contributed by atoms with Crippen LogP contribution in [-0.4, -0.2) is 35.0 Å². The van der Waals surface area contributed by atoms with Gasteiger partial charge in [0.25, 0.3) is 5.91 Å². The van der Waals surface area contributed by atoms with Crippen molar-refractivity contribution in [3.8, 4) is 5.75 Å². The first kappa shape index (κ1) is 18.3. The van der Waals surface area contributed by atoms with E-state index < -0.39 is 11.9 Å². The number of likely N-dealkylation sites (tertiary alicyclic amines) is 1. The molecule has 1 aliphatic rings. The molecule has 3 rings (SSSR count). The highest BCUT2D eigenvalue weighted by Gasteiger charge is 2.28. The third-order valence-corrected chi connectivity index (χ3v) is 4.71. The van der Waals surface area contributed by atoms with Gasteiger partial charge in [0.2, 0.25) is 0 Å². The fourth-order valence-corrected chi connectivity index (χ4v) is 3.14. The van der Waals surface area contributed by atoms with Crippen molar-refractivity contribution >= 4 is 23.5 Å². The monoisotopic (exact) mass is 373 g/mol. The van der Waals surface area contributed by atoms with Crippen LogP contribution in [0.4, 0.5) is 0 Å². The Morgan fingerprint density at radius 1 is 1.19 bits per heavy atom. The van der Waals surface area contributed by atoms with Gasteiger partial charge in [0, 0.05) is 23.7 Å². The van der Waals surface area contributed by atoms with Crippen molar-refractivity contribution in [2.75, 3.05) is 13.1 Å². The highest BCUT2D eigenvalue weighted by Crippen LogP contribution is 2.21. The summed E-state index contributed by atoms with van der Waals surface area (Å²) in [5, 5.41) is 9.85. The summed E-state index contributed by atoms with van der Waals surface area (Å²) < 4.78 is 5.76. The van der Waals surface area contributed by atoms with E-state index in [1.54, 1.807) is 41.3 Å². The Bertz CT molecular complexity index is 791. The number of nitrogens with zero attached hydrogens (tertiary/aromatic N) is 1. The number of carboxylic acid groups (broad SMARTS) is 1. The van der Waals surface area contributed by atoms with Gasteiger partial charge in [-0.25, -0.2) is 0 Å². The van der Waals surface area contributed by atoms with Crippen molar-refractivity contribution in [3.05, 3.63) is 64.7 Å². The summed E-state index contributed by atoms with van der Waals surface area (Å²) in [6.07, 6.45) is 1.32. The van der Waals surface area contributed by atoms with Gasteiger partial charge in [-0.3, -0.25) is 9.59 Å². The molecule has 5 nitrogen and oxygen atoms in total. The van der Waals surface area contributed by atoms with E-state index in [4.69, 9.17) is 16.3 Å². The second-order valence-electron chi connectivity index (χ2n) is 6.37. The fourth-order valence-electron chi connectivity index (χ4n) is 3.01. The average molecular weight is 374 g/mol. The topological polar surface area (TPSA) is 66.8 Å². The van der Waals surface area contributed by atoms with Crippen LogP contribution in [0.5, 0.6) is 5.75 Å². The predicted octanol–water partition coefficient (Wildman–Crippen LogP) is 3.86. The summed E-state index contributed by atoms with van der Waals surface area (Å²) in [5.41, 5.74) is 1.48. The van der Waals surface area contributed by atoms with E-state index in [0.29, 0.717) is 42.3 Å². The first-order valence-electron chi connectivity index (χ1n) is 8.52. The summed E-state index contributed by atoms with van der Waals surface area (Å²) in [6, 6.07) is 14.4. The molecule has 1 amide bonds. The molecule has 6 heteroatoms. The lowest BCUT2D eigenvalue weighted by molar-refractivity contribution is -0.143. The van der Waals surface area contributed by atoms with Crippen LogP contribution in [0.15, 0.2) is 48.5 Å². The molecule has 1 atom stereocenters. The van der Waals surface area contributed by atoms with Crippen molar-refractivity contribution < 1.29 is 19.4 Å². The molecular weight excluding hydrogens is 354 g/mol. The number of hydrogen-bond donors (Lipinski definition) is 1. The standard InChI is InChI=1S/C20H20ClNO4/c21-17-8-6-14(7-9-17)13-26-18-5-1-3-15(11-18)19(23)22-10-2-4-16(12-22)20(24)25/h1,3,5-9,11,16H,2,4,10,12-13H2,(H,24,25). The SMILES string of the molecule is O=C(O)C1CCCN(C(=O)c2cccc(OCc3ccc(Cl)cc3)c2)C1. The number of benzene rings is 2. The number of halogens is 1. The van der Waals surface area contributed by atoms with Crippen molar-refractivity contribution in [3.63, 3.8) is 0 Å². The Morgan fingerprint density at radius 3 is 2.69 bits per heavy atom. The lowest BCUT2D eigenvalue weighted by atomic mass is 9.97. The molecule has 2 aromatic rings. The fraction of sp³-hybridized carbons (Fsp3) is 0.300. The maximum atomic E-state index is 12.7. The third-order valence-electron chi connectivity index (χ3n) is 4.46. The van der Waals surface area contributed by atoms with Crippen LogP contribution >= 0.6 is 11.6 Å². The predicted molar refractivity (Wildman–Crippen MR) is 98.5 cm³/mol. The van der Waals surface area contributed by atoms with Gasteiger partial charge in [0.05, 0.1) is 5.92 Å². The molecule has 1 unspecified atom stereocenters. The van der Waals surface area contributed by atoms with Crippen molar-refractivity contribution in [1.29, 1.82) is 0 Å². The lowest BCUT2D eigenvalue weighted by Crippen LogP contribution is -2.42. The molecule has 2 aromatic carbocycles. The molecule has 0 spiro atoms. The first-order valence-corrected chi connectivity index (χ1v) is 8.90. The molecular formula is C20H20ClNO4. The molecule has 0 bridgehead atoms. The van der Waals surface area contributed by atoms with Crippen LogP contribution in [0.25, 0.3) is 0 Å². The highest BCUT2D eigenvalue weighted by atomic mass is 35.5. The third kappa shape index (κ3) is 4.55. The molecule has 0 radical (unpaired) electrons. The number of rotatable bonds is 5. The maximum Gasteiger partial charge on any atom is 0.308 e. The Labute approximate surface area is 157 Å². The summed E-state index contributed by atoms with van der Waals surface area (Å²) in [5.74, 6) is -0.898. The van der Waals surface area contributed by atoms with Gasteiger partial charge < -0.3 is 14.7 Å². The Morgan fingerprint density at radius 2 is 1.96 bits per heavy atom. The van der Waals surface area contributed by atoms with E-state index in [9.17, 15) is 14.7 Å². The van der Waals surface area contributed by atoms with Gasteiger partial charge in [0.1, 0.15) is 12.4 Å². The van der Waals surface area contributed by atoms with Crippen LogP contribution in [0.2, 0.25) is 5.02 Å². The molecule has 1 N–H and O–H groups in total. The number of carbonyl (C=O) groups excluding carboxylic acids is 1. The van der Waals surface area contributed by atoms with Crippen LogP contribution in [-0.2, 0) is 11.4 Å². The van der Waals surface area contributed by atoms with Crippen molar-refractivity contribution in [1.82, 2.24) is 4.90 Å². The zero-order valence-electron chi connectivity index (χ0n) is 14.2. The van der Waals surface area contributed by atoms with Crippen LogP contribution < -0.4 is 4.74 Å². The van der Waals surface area contributed by atoms with Gasteiger partial charge in [-0.2, -0.15) is 0 Å². The van der Waals surface area contributed by atoms with Gasteiger partial charge >= 0.3 is 5.97 Å². The van der Waals surface area contributed by atoms with Gasteiger partial charge in [-0.05, 0) is 48.7 Å². The number of carbonyl (C=O) groups is 2. The van der Waals surface area contributed by atoms with Gasteiger partial charge in [-0.1, -0.05) is 29.8 Å². The quantitative estimate of drug-likeness (QED) is 0.864.